The molecule has 0 aromatic carbocycles. The van der Waals surface area contributed by atoms with Gasteiger partial charge in [0.2, 0.25) is 0 Å². The molecule has 1 aliphatic heterocycles. The zero-order chi connectivity index (χ0) is 14.3. The average molecular weight is 277 g/mol. The van der Waals surface area contributed by atoms with Crippen LogP contribution in [0.15, 0.2) is 0 Å². The zero-order valence-electron chi connectivity index (χ0n) is 11.7. The van der Waals surface area contributed by atoms with E-state index in [4.69, 9.17) is 0 Å². The highest BCUT2D eigenvalue weighted by Gasteiger charge is 2.33. The maximum Gasteiger partial charge on any atom is 0.274 e. The molecule has 1 aromatic rings. The quantitative estimate of drug-likeness (QED) is 0.822. The lowest BCUT2D eigenvalue weighted by Gasteiger charge is -2.27. The predicted octanol–water partition coefficient (Wildman–Crippen LogP) is 0.186. The third-order valence-electron chi connectivity index (χ3n) is 3.90. The van der Waals surface area contributed by atoms with E-state index in [9.17, 15) is 9.59 Å². The number of carbonyl (C=O) groups is 2. The molecule has 20 heavy (non-hydrogen) atoms. The highest BCUT2D eigenvalue weighted by atomic mass is 16.2. The van der Waals surface area contributed by atoms with Gasteiger partial charge >= 0.3 is 0 Å². The topological polar surface area (TPSA) is 88.9 Å². The van der Waals surface area contributed by atoms with Crippen molar-refractivity contribution in [2.45, 2.75) is 39.3 Å². The van der Waals surface area contributed by atoms with Crippen molar-refractivity contribution in [3.63, 3.8) is 0 Å². The number of carbonyl (C=O) groups excluding carboxylic acids is 2. The number of nitrogens with one attached hydrogen (secondary N) is 2. The van der Waals surface area contributed by atoms with Crippen LogP contribution in [0.2, 0.25) is 0 Å². The normalized spacial score (nSPS) is 21.6. The van der Waals surface area contributed by atoms with E-state index >= 15 is 0 Å². The van der Waals surface area contributed by atoms with E-state index in [0.29, 0.717) is 24.9 Å². The summed E-state index contributed by atoms with van der Waals surface area (Å²) in [6.07, 6.45) is 2.33. The van der Waals surface area contributed by atoms with Crippen LogP contribution in [0.3, 0.4) is 0 Å². The summed E-state index contributed by atoms with van der Waals surface area (Å²) in [5, 5.41) is 13.6. The molecule has 3 rings (SSSR count). The Kier molecular flexibility index (Phi) is 3.19. The van der Waals surface area contributed by atoms with Gasteiger partial charge in [-0.25, -0.2) is 4.68 Å². The van der Waals surface area contributed by atoms with Gasteiger partial charge < -0.3 is 10.6 Å². The Balaban J connectivity index is 1.78. The number of hydrogen-bond donors (Lipinski definition) is 2. The first-order chi connectivity index (χ1) is 9.56. The molecular formula is C13H19N5O2. The summed E-state index contributed by atoms with van der Waals surface area (Å²) in [5.41, 5.74) is 0.403. The van der Waals surface area contributed by atoms with Crippen LogP contribution in [0, 0.1) is 11.8 Å². The fourth-order valence-electron chi connectivity index (χ4n) is 2.31. The fraction of sp³-hybridized carbons (Fsp3) is 0.692. The SMILES string of the molecule is CC(C)[C@H]1Cn2nnc(C(=O)NCC3CC3)c2C(=O)N1. The molecule has 108 valence electrons. The van der Waals surface area contributed by atoms with Crippen LogP contribution in [-0.4, -0.2) is 39.4 Å². The van der Waals surface area contributed by atoms with E-state index in [-0.39, 0.29) is 29.2 Å². The average Bonchev–Trinajstić information content (AvgIpc) is 3.13. The van der Waals surface area contributed by atoms with Crippen LogP contribution in [0.5, 0.6) is 0 Å². The number of nitrogens with zero attached hydrogens (tertiary/aromatic N) is 3. The van der Waals surface area contributed by atoms with E-state index in [0.717, 1.165) is 12.8 Å². The molecule has 2 aliphatic rings. The lowest BCUT2D eigenvalue weighted by atomic mass is 10.0. The van der Waals surface area contributed by atoms with Crippen molar-refractivity contribution in [2.24, 2.45) is 11.8 Å². The van der Waals surface area contributed by atoms with Gasteiger partial charge in [-0.1, -0.05) is 19.1 Å². The van der Waals surface area contributed by atoms with E-state index < -0.39 is 0 Å². The summed E-state index contributed by atoms with van der Waals surface area (Å²) < 4.78 is 1.54. The number of hydrogen-bond acceptors (Lipinski definition) is 4. The lowest BCUT2D eigenvalue weighted by molar-refractivity contribution is 0.0861. The van der Waals surface area contributed by atoms with Gasteiger partial charge in [-0.3, -0.25) is 9.59 Å². The highest BCUT2D eigenvalue weighted by Crippen LogP contribution is 2.27. The minimum atomic E-state index is -0.309. The molecule has 0 spiro atoms. The molecule has 2 amide bonds. The highest BCUT2D eigenvalue weighted by molar-refractivity contribution is 6.05. The third-order valence-corrected chi connectivity index (χ3v) is 3.90. The van der Waals surface area contributed by atoms with Gasteiger partial charge in [-0.2, -0.15) is 0 Å². The Labute approximate surface area is 117 Å². The van der Waals surface area contributed by atoms with Crippen LogP contribution >= 0.6 is 0 Å². The molecule has 1 atom stereocenters. The first-order valence-electron chi connectivity index (χ1n) is 7.08. The Morgan fingerprint density at radius 2 is 2.25 bits per heavy atom. The second-order valence-electron chi connectivity index (χ2n) is 5.95. The Morgan fingerprint density at radius 3 is 2.90 bits per heavy atom. The van der Waals surface area contributed by atoms with Crippen LogP contribution < -0.4 is 10.6 Å². The molecule has 1 aliphatic carbocycles. The summed E-state index contributed by atoms with van der Waals surface area (Å²) >= 11 is 0. The van der Waals surface area contributed by atoms with Crippen molar-refractivity contribution in [3.8, 4) is 0 Å². The minimum absolute atomic E-state index is 0.0269. The summed E-state index contributed by atoms with van der Waals surface area (Å²) in [7, 11) is 0. The maximum absolute atomic E-state index is 12.1. The molecule has 0 saturated heterocycles. The van der Waals surface area contributed by atoms with E-state index in [1.165, 1.54) is 4.68 Å². The van der Waals surface area contributed by atoms with Crippen molar-refractivity contribution >= 4 is 11.8 Å². The van der Waals surface area contributed by atoms with Gasteiger partial charge in [0.05, 0.1) is 12.6 Å². The van der Waals surface area contributed by atoms with Crippen LogP contribution in [0.1, 0.15) is 47.7 Å². The molecule has 0 radical (unpaired) electrons. The predicted molar refractivity (Wildman–Crippen MR) is 71.2 cm³/mol. The molecule has 0 bridgehead atoms. The van der Waals surface area contributed by atoms with Gasteiger partial charge in [-0.15, -0.1) is 5.10 Å². The smallest absolute Gasteiger partial charge is 0.274 e. The van der Waals surface area contributed by atoms with Crippen LogP contribution in [0.4, 0.5) is 0 Å². The number of fused-ring (bicyclic) bond motifs is 1. The molecule has 2 heterocycles. The van der Waals surface area contributed by atoms with Gasteiger partial charge in [0, 0.05) is 6.54 Å². The fourth-order valence-corrected chi connectivity index (χ4v) is 2.31. The molecule has 7 nitrogen and oxygen atoms in total. The summed E-state index contributed by atoms with van der Waals surface area (Å²) in [5.74, 6) is 0.320. The Hall–Kier alpha value is -1.92. The zero-order valence-corrected chi connectivity index (χ0v) is 11.7. The van der Waals surface area contributed by atoms with Gasteiger partial charge in [0.25, 0.3) is 11.8 Å². The van der Waals surface area contributed by atoms with E-state index in [2.05, 4.69) is 20.9 Å². The monoisotopic (exact) mass is 277 g/mol. The minimum Gasteiger partial charge on any atom is -0.350 e. The second-order valence-corrected chi connectivity index (χ2v) is 5.95. The standard InChI is InChI=1S/C13H19N5O2/c1-7(2)9-6-18-11(13(20)15-9)10(16-17-18)12(19)14-5-8-3-4-8/h7-9H,3-6H2,1-2H3,(H,14,19)(H,15,20)/t9-/m1/s1. The number of amides is 2. The van der Waals surface area contributed by atoms with Gasteiger partial charge in [-0.05, 0) is 24.7 Å². The first kappa shape index (κ1) is 13.1. The number of aromatic nitrogens is 3. The second kappa shape index (κ2) is 4.88. The maximum atomic E-state index is 12.1. The Bertz CT molecular complexity index is 547. The van der Waals surface area contributed by atoms with E-state index in [1.54, 1.807) is 0 Å². The molecule has 2 N–H and O–H groups in total. The summed E-state index contributed by atoms with van der Waals surface area (Å²) in [4.78, 5) is 24.2. The molecule has 1 aromatic heterocycles. The first-order valence-corrected chi connectivity index (χ1v) is 7.08. The molecule has 1 saturated carbocycles. The van der Waals surface area contributed by atoms with E-state index in [1.807, 2.05) is 13.8 Å². The largest absolute Gasteiger partial charge is 0.350 e. The molecular weight excluding hydrogens is 258 g/mol. The molecule has 7 heteroatoms. The van der Waals surface area contributed by atoms with Gasteiger partial charge in [0.15, 0.2) is 11.4 Å². The van der Waals surface area contributed by atoms with Crippen LogP contribution in [0.25, 0.3) is 0 Å². The molecule has 0 unspecified atom stereocenters. The van der Waals surface area contributed by atoms with Crippen molar-refractivity contribution in [3.05, 3.63) is 11.4 Å². The molecule has 1 fully saturated rings. The summed E-state index contributed by atoms with van der Waals surface area (Å²) in [6, 6.07) is 0.0269. The lowest BCUT2D eigenvalue weighted by Crippen LogP contribution is -2.48. The van der Waals surface area contributed by atoms with Gasteiger partial charge in [0.1, 0.15) is 0 Å². The summed E-state index contributed by atoms with van der Waals surface area (Å²) in [6.45, 7) is 5.29. The third kappa shape index (κ3) is 2.39. The van der Waals surface area contributed by atoms with Crippen molar-refractivity contribution in [2.75, 3.05) is 6.54 Å². The van der Waals surface area contributed by atoms with Crippen molar-refractivity contribution in [1.82, 2.24) is 25.6 Å². The van der Waals surface area contributed by atoms with Crippen LogP contribution in [-0.2, 0) is 6.54 Å². The Morgan fingerprint density at radius 1 is 1.50 bits per heavy atom. The van der Waals surface area contributed by atoms with Crippen molar-refractivity contribution in [1.29, 1.82) is 0 Å². The van der Waals surface area contributed by atoms with Crippen molar-refractivity contribution < 1.29 is 9.59 Å². The number of rotatable bonds is 4.